The highest BCUT2D eigenvalue weighted by atomic mass is 16.5. The lowest BCUT2D eigenvalue weighted by Crippen LogP contribution is -2.29. The summed E-state index contributed by atoms with van der Waals surface area (Å²) in [4.78, 5) is 2.29. The highest BCUT2D eigenvalue weighted by Crippen LogP contribution is 2.35. The predicted molar refractivity (Wildman–Crippen MR) is 100 cm³/mol. The molecule has 0 aliphatic carbocycles. The van der Waals surface area contributed by atoms with E-state index in [0.717, 1.165) is 36.2 Å². The highest BCUT2D eigenvalue weighted by Gasteiger charge is 2.20. The number of para-hydroxylation sites is 1. The maximum atomic E-state index is 10.0. The Morgan fingerprint density at radius 1 is 1.15 bits per heavy atom. The molecule has 0 bridgehead atoms. The molecule has 0 fully saturated rings. The maximum Gasteiger partial charge on any atom is 0.137 e. The summed E-state index contributed by atoms with van der Waals surface area (Å²) in [6, 6.07) is 13.1. The highest BCUT2D eigenvalue weighted by molar-refractivity contribution is 5.75. The zero-order chi connectivity index (χ0) is 18.5. The van der Waals surface area contributed by atoms with E-state index in [4.69, 9.17) is 9.47 Å². The number of hydrogen-bond acceptors (Lipinski definition) is 5. The summed E-state index contributed by atoms with van der Waals surface area (Å²) < 4.78 is 10.9. The number of ether oxygens (including phenoxy) is 2. The summed E-state index contributed by atoms with van der Waals surface area (Å²) in [6.45, 7) is 2.34. The van der Waals surface area contributed by atoms with Gasteiger partial charge >= 0.3 is 0 Å². The topological polar surface area (TPSA) is 65.7 Å². The fourth-order valence-corrected chi connectivity index (χ4v) is 3.26. The first kappa shape index (κ1) is 17.8. The third kappa shape index (κ3) is 3.66. The van der Waals surface area contributed by atoms with Gasteiger partial charge in [0, 0.05) is 36.8 Å². The maximum absolute atomic E-state index is 10.0. The molecule has 134 valence electrons. The molecule has 0 saturated carbocycles. The molecule has 1 aliphatic heterocycles. The molecule has 2 aromatic carbocycles. The van der Waals surface area contributed by atoms with Gasteiger partial charge in [0.1, 0.15) is 23.3 Å². The van der Waals surface area contributed by atoms with Crippen LogP contribution < -0.4 is 9.47 Å². The van der Waals surface area contributed by atoms with Crippen molar-refractivity contribution in [1.82, 2.24) is 4.90 Å². The summed E-state index contributed by atoms with van der Waals surface area (Å²) in [6.07, 6.45) is 3.11. The van der Waals surface area contributed by atoms with Gasteiger partial charge < -0.3 is 14.6 Å². The summed E-state index contributed by atoms with van der Waals surface area (Å²) in [7, 11) is 3.17. The van der Waals surface area contributed by atoms with Crippen molar-refractivity contribution < 1.29 is 14.6 Å². The van der Waals surface area contributed by atoms with E-state index in [1.807, 2.05) is 24.3 Å². The second-order valence-corrected chi connectivity index (χ2v) is 6.22. The quantitative estimate of drug-likeness (QED) is 0.893. The second-order valence-electron chi connectivity index (χ2n) is 6.22. The standard InChI is InChI=1S/C21H22N2O3/c1-25-20-11-18(21(26-2)10-17(20)12-22)15-7-5-9-23(13-15)14-16-6-3-4-8-19(16)24/h3-4,6-8,10-11,24H,5,9,13-14H2,1-2H3. The van der Waals surface area contributed by atoms with Gasteiger partial charge in [-0.25, -0.2) is 0 Å². The van der Waals surface area contributed by atoms with Crippen LogP contribution in [0, 0.1) is 11.3 Å². The molecule has 0 unspecified atom stereocenters. The molecule has 0 spiro atoms. The van der Waals surface area contributed by atoms with Crippen molar-refractivity contribution in [3.63, 3.8) is 0 Å². The predicted octanol–water partition coefficient (Wildman–Crippen LogP) is 3.57. The van der Waals surface area contributed by atoms with Crippen LogP contribution in [-0.2, 0) is 6.54 Å². The van der Waals surface area contributed by atoms with Crippen molar-refractivity contribution in [2.75, 3.05) is 27.3 Å². The Morgan fingerprint density at radius 2 is 1.92 bits per heavy atom. The van der Waals surface area contributed by atoms with Crippen LogP contribution >= 0.6 is 0 Å². The third-order valence-electron chi connectivity index (χ3n) is 4.60. The Labute approximate surface area is 153 Å². The van der Waals surface area contributed by atoms with E-state index in [9.17, 15) is 10.4 Å². The molecular formula is C21H22N2O3. The van der Waals surface area contributed by atoms with Crippen LogP contribution in [0.5, 0.6) is 17.2 Å². The summed E-state index contributed by atoms with van der Waals surface area (Å²) in [5.74, 6) is 1.53. The molecule has 0 atom stereocenters. The fraction of sp³-hybridized carbons (Fsp3) is 0.286. The number of nitrogens with zero attached hydrogens (tertiary/aromatic N) is 2. The molecule has 5 nitrogen and oxygen atoms in total. The van der Waals surface area contributed by atoms with Crippen molar-refractivity contribution >= 4 is 5.57 Å². The van der Waals surface area contributed by atoms with Crippen LogP contribution in [-0.4, -0.2) is 37.3 Å². The molecule has 3 rings (SSSR count). The van der Waals surface area contributed by atoms with Crippen LogP contribution in [0.1, 0.15) is 23.1 Å². The largest absolute Gasteiger partial charge is 0.508 e. The van der Waals surface area contributed by atoms with Gasteiger partial charge in [0.2, 0.25) is 0 Å². The minimum absolute atomic E-state index is 0.321. The molecule has 0 aromatic heterocycles. The summed E-state index contributed by atoms with van der Waals surface area (Å²) in [5, 5.41) is 19.3. The van der Waals surface area contributed by atoms with Gasteiger partial charge in [0.05, 0.1) is 19.8 Å². The lowest BCUT2D eigenvalue weighted by molar-refractivity contribution is 0.291. The van der Waals surface area contributed by atoms with E-state index in [-0.39, 0.29) is 0 Å². The van der Waals surface area contributed by atoms with E-state index in [1.165, 1.54) is 0 Å². The van der Waals surface area contributed by atoms with Gasteiger partial charge in [-0.05, 0) is 24.1 Å². The van der Waals surface area contributed by atoms with Crippen molar-refractivity contribution in [2.45, 2.75) is 13.0 Å². The zero-order valence-electron chi connectivity index (χ0n) is 15.0. The van der Waals surface area contributed by atoms with Crippen LogP contribution in [0.15, 0.2) is 42.5 Å². The van der Waals surface area contributed by atoms with Crippen LogP contribution in [0.2, 0.25) is 0 Å². The first-order valence-corrected chi connectivity index (χ1v) is 8.51. The third-order valence-corrected chi connectivity index (χ3v) is 4.60. The minimum atomic E-state index is 0.321. The van der Waals surface area contributed by atoms with Gasteiger partial charge in [-0.3, -0.25) is 4.90 Å². The van der Waals surface area contributed by atoms with Gasteiger partial charge in [-0.15, -0.1) is 0 Å². The first-order valence-electron chi connectivity index (χ1n) is 8.51. The van der Waals surface area contributed by atoms with Gasteiger partial charge in [-0.1, -0.05) is 24.3 Å². The summed E-state index contributed by atoms with van der Waals surface area (Å²) in [5.41, 5.74) is 3.44. The Kier molecular flexibility index (Phi) is 5.45. The van der Waals surface area contributed by atoms with E-state index in [1.54, 1.807) is 26.4 Å². The normalized spacial score (nSPS) is 14.4. The van der Waals surface area contributed by atoms with Crippen molar-refractivity contribution in [3.05, 3.63) is 59.2 Å². The number of rotatable bonds is 5. The first-order chi connectivity index (χ1) is 12.7. The molecule has 2 aromatic rings. The minimum Gasteiger partial charge on any atom is -0.508 e. The summed E-state index contributed by atoms with van der Waals surface area (Å²) >= 11 is 0. The van der Waals surface area contributed by atoms with Crippen molar-refractivity contribution in [2.24, 2.45) is 0 Å². The molecule has 1 N–H and O–H groups in total. The van der Waals surface area contributed by atoms with Crippen molar-refractivity contribution in [3.8, 4) is 23.3 Å². The number of hydrogen-bond donors (Lipinski definition) is 1. The van der Waals surface area contributed by atoms with E-state index in [0.29, 0.717) is 29.4 Å². The van der Waals surface area contributed by atoms with E-state index >= 15 is 0 Å². The fourth-order valence-electron chi connectivity index (χ4n) is 3.26. The second kappa shape index (κ2) is 7.94. The molecule has 1 aliphatic rings. The van der Waals surface area contributed by atoms with Crippen LogP contribution in [0.4, 0.5) is 0 Å². The van der Waals surface area contributed by atoms with E-state index in [2.05, 4.69) is 17.0 Å². The van der Waals surface area contributed by atoms with Gasteiger partial charge in [-0.2, -0.15) is 5.26 Å². The van der Waals surface area contributed by atoms with Crippen molar-refractivity contribution in [1.29, 1.82) is 5.26 Å². The Hall–Kier alpha value is -2.97. The molecule has 5 heteroatoms. The number of phenols is 1. The number of aromatic hydroxyl groups is 1. The molecule has 0 radical (unpaired) electrons. The average Bonchev–Trinajstić information content (AvgIpc) is 2.68. The number of phenolic OH excluding ortho intramolecular Hbond substituents is 1. The number of benzene rings is 2. The lowest BCUT2D eigenvalue weighted by atomic mass is 9.97. The molecule has 0 amide bonds. The molecule has 1 heterocycles. The Balaban J connectivity index is 1.87. The Morgan fingerprint density at radius 3 is 2.62 bits per heavy atom. The molecular weight excluding hydrogens is 328 g/mol. The van der Waals surface area contributed by atoms with Crippen LogP contribution in [0.25, 0.3) is 5.57 Å². The van der Waals surface area contributed by atoms with Gasteiger partial charge in [0.15, 0.2) is 0 Å². The smallest absolute Gasteiger partial charge is 0.137 e. The zero-order valence-corrected chi connectivity index (χ0v) is 15.0. The number of nitriles is 1. The molecule has 26 heavy (non-hydrogen) atoms. The van der Waals surface area contributed by atoms with Crippen LogP contribution in [0.3, 0.4) is 0 Å². The Bertz CT molecular complexity index is 868. The van der Waals surface area contributed by atoms with E-state index < -0.39 is 0 Å². The lowest BCUT2D eigenvalue weighted by Gasteiger charge is -2.28. The van der Waals surface area contributed by atoms with Gasteiger partial charge in [0.25, 0.3) is 0 Å². The SMILES string of the molecule is COc1cc(C2=CCCN(Cc3ccccc3O)C2)c(OC)cc1C#N. The monoisotopic (exact) mass is 350 g/mol. The molecule has 0 saturated heterocycles. The average molecular weight is 350 g/mol. The number of methoxy groups -OCH3 is 2.